The van der Waals surface area contributed by atoms with Gasteiger partial charge in [0.05, 0.1) is 18.2 Å². The maximum absolute atomic E-state index is 12.8. The number of nitriles is 1. The Labute approximate surface area is 186 Å². The highest BCUT2D eigenvalue weighted by atomic mass is 32.2. The number of nitrogens with one attached hydrogen (secondary N) is 2. The number of furan rings is 1. The molecule has 3 aromatic rings. The molecule has 7 heteroatoms. The van der Waals surface area contributed by atoms with Crippen LogP contribution in [-0.4, -0.2) is 22.6 Å². The van der Waals surface area contributed by atoms with Gasteiger partial charge in [-0.3, -0.25) is 4.79 Å². The molecule has 162 valence electrons. The first-order chi connectivity index (χ1) is 14.8. The van der Waals surface area contributed by atoms with Crippen molar-refractivity contribution in [2.45, 2.75) is 62.6 Å². The summed E-state index contributed by atoms with van der Waals surface area (Å²) >= 11 is 1.41. The summed E-state index contributed by atoms with van der Waals surface area (Å²) in [7, 11) is 0. The minimum Gasteiger partial charge on any atom is -0.456 e. The highest BCUT2D eigenvalue weighted by molar-refractivity contribution is 7.97. The van der Waals surface area contributed by atoms with Gasteiger partial charge < -0.3 is 14.8 Å². The lowest BCUT2D eigenvalue weighted by atomic mass is 10.0. The van der Waals surface area contributed by atoms with Crippen LogP contribution in [0.5, 0.6) is 0 Å². The van der Waals surface area contributed by atoms with Crippen molar-refractivity contribution in [1.29, 1.82) is 5.26 Å². The molecule has 0 aliphatic heterocycles. The van der Waals surface area contributed by atoms with E-state index in [1.807, 2.05) is 36.4 Å². The quantitative estimate of drug-likeness (QED) is 0.437. The zero-order valence-electron chi connectivity index (χ0n) is 17.9. The van der Waals surface area contributed by atoms with E-state index in [2.05, 4.69) is 30.0 Å². The fourth-order valence-corrected chi connectivity index (χ4v) is 4.42. The summed E-state index contributed by atoms with van der Waals surface area (Å²) in [5.74, 6) is 0.213. The fourth-order valence-electron chi connectivity index (χ4n) is 3.63. The van der Waals surface area contributed by atoms with E-state index in [1.54, 1.807) is 6.92 Å². The first-order valence-electron chi connectivity index (χ1n) is 10.6. The number of carbonyl (C=O) groups excluding carboxylic acids is 1. The molecule has 0 spiro atoms. The van der Waals surface area contributed by atoms with Crippen LogP contribution in [0.4, 0.5) is 0 Å². The van der Waals surface area contributed by atoms with Crippen LogP contribution in [0.25, 0.3) is 21.9 Å². The number of hydrogen-bond acceptors (Lipinski definition) is 6. The Bertz CT molecular complexity index is 1160. The molecule has 6 nitrogen and oxygen atoms in total. The molecule has 4 rings (SSSR count). The lowest BCUT2D eigenvalue weighted by Crippen LogP contribution is -2.47. The second-order valence-corrected chi connectivity index (χ2v) is 9.69. The monoisotopic (exact) mass is 437 g/mol. The van der Waals surface area contributed by atoms with Crippen molar-refractivity contribution < 1.29 is 14.3 Å². The molecule has 1 aliphatic rings. The number of aliphatic hydroxyl groups is 1. The Morgan fingerprint density at radius 2 is 1.97 bits per heavy atom. The van der Waals surface area contributed by atoms with Crippen LogP contribution >= 0.6 is 11.9 Å². The Morgan fingerprint density at radius 3 is 2.61 bits per heavy atom. The highest BCUT2D eigenvalue weighted by Gasteiger charge is 2.45. The lowest BCUT2D eigenvalue weighted by molar-refractivity contribution is -0.123. The Morgan fingerprint density at radius 1 is 1.19 bits per heavy atom. The van der Waals surface area contributed by atoms with Crippen LogP contribution < -0.4 is 10.0 Å². The summed E-state index contributed by atoms with van der Waals surface area (Å²) < 4.78 is 9.26. The van der Waals surface area contributed by atoms with Crippen LogP contribution in [0.2, 0.25) is 0 Å². The predicted octanol–water partition coefficient (Wildman–Crippen LogP) is 4.82. The van der Waals surface area contributed by atoms with E-state index in [0.29, 0.717) is 12.3 Å². The van der Waals surface area contributed by atoms with Gasteiger partial charge in [0, 0.05) is 15.7 Å². The Balaban J connectivity index is 1.52. The Hall–Kier alpha value is -2.53. The average Bonchev–Trinajstić information content (AvgIpc) is 3.42. The maximum Gasteiger partial charge on any atom is 0.239 e. The van der Waals surface area contributed by atoms with Crippen molar-refractivity contribution in [3.05, 3.63) is 42.0 Å². The third-order valence-electron chi connectivity index (χ3n) is 5.62. The van der Waals surface area contributed by atoms with E-state index in [0.717, 1.165) is 45.2 Å². The number of hydrogen-bond donors (Lipinski definition) is 3. The summed E-state index contributed by atoms with van der Waals surface area (Å²) in [6, 6.07) is 13.5. The minimum absolute atomic E-state index is 0.124. The number of rotatable bonds is 8. The normalized spacial score (nSPS) is 16.9. The van der Waals surface area contributed by atoms with Gasteiger partial charge in [-0.25, -0.2) is 4.72 Å². The first kappa shape index (κ1) is 21.7. The van der Waals surface area contributed by atoms with E-state index in [9.17, 15) is 15.2 Å². The summed E-state index contributed by atoms with van der Waals surface area (Å²) in [6.07, 6.45) is 1.57. The zero-order chi connectivity index (χ0) is 22.2. The van der Waals surface area contributed by atoms with Crippen molar-refractivity contribution in [2.75, 3.05) is 0 Å². The maximum atomic E-state index is 12.8. The molecule has 1 fully saturated rings. The molecule has 1 aliphatic carbocycles. The predicted molar refractivity (Wildman–Crippen MR) is 122 cm³/mol. The number of aliphatic hydroxyl groups excluding tert-OH is 1. The first-order valence-corrected chi connectivity index (χ1v) is 11.4. The van der Waals surface area contributed by atoms with E-state index >= 15 is 0 Å². The van der Waals surface area contributed by atoms with E-state index in [1.165, 1.54) is 11.9 Å². The molecular formula is C24H27N3O3S. The molecule has 2 aromatic carbocycles. The molecule has 31 heavy (non-hydrogen) atoms. The lowest BCUT2D eigenvalue weighted by Gasteiger charge is -2.21. The SMILES string of the molecule is CC(C)C[C@H](NSc1ccc2oc3cc(C(C)O)ccc3c2c1)C(=O)NC1(C#N)CC1. The number of benzene rings is 2. The number of carbonyl (C=O) groups is 1. The van der Waals surface area contributed by atoms with Gasteiger partial charge in [-0.05, 0) is 73.9 Å². The van der Waals surface area contributed by atoms with Gasteiger partial charge in [-0.2, -0.15) is 5.26 Å². The molecule has 1 saturated carbocycles. The summed E-state index contributed by atoms with van der Waals surface area (Å²) in [4.78, 5) is 13.7. The minimum atomic E-state index is -0.668. The van der Waals surface area contributed by atoms with Crippen molar-refractivity contribution in [1.82, 2.24) is 10.0 Å². The van der Waals surface area contributed by atoms with Gasteiger partial charge in [0.1, 0.15) is 16.7 Å². The van der Waals surface area contributed by atoms with Gasteiger partial charge in [-0.15, -0.1) is 0 Å². The standard InChI is InChI=1S/C24H27N3O3S/c1-14(2)10-20(23(29)26-24(13-25)8-9-24)27-31-17-5-7-21-19(12-17)18-6-4-16(15(3)28)11-22(18)30-21/h4-7,11-12,14-15,20,27-28H,8-10H2,1-3H3,(H,26,29)/t15?,20-/m0/s1. The third kappa shape index (κ3) is 4.72. The second-order valence-electron chi connectivity index (χ2n) is 8.78. The molecule has 0 saturated heterocycles. The molecule has 3 N–H and O–H groups in total. The number of amides is 1. The summed E-state index contributed by atoms with van der Waals surface area (Å²) in [5.41, 5.74) is 1.67. The van der Waals surface area contributed by atoms with Crippen LogP contribution in [0.15, 0.2) is 45.7 Å². The number of fused-ring (bicyclic) bond motifs is 3. The van der Waals surface area contributed by atoms with Crippen LogP contribution in [-0.2, 0) is 4.79 Å². The largest absolute Gasteiger partial charge is 0.456 e. The average molecular weight is 438 g/mol. The molecule has 2 atom stereocenters. The summed E-state index contributed by atoms with van der Waals surface area (Å²) in [5, 5.41) is 24.0. The molecule has 1 aromatic heterocycles. The molecule has 1 heterocycles. The van der Waals surface area contributed by atoms with Crippen molar-refractivity contribution >= 4 is 39.8 Å². The van der Waals surface area contributed by atoms with Gasteiger partial charge in [0.25, 0.3) is 0 Å². The highest BCUT2D eigenvalue weighted by Crippen LogP contribution is 2.35. The zero-order valence-corrected chi connectivity index (χ0v) is 18.8. The van der Waals surface area contributed by atoms with Gasteiger partial charge in [0.2, 0.25) is 5.91 Å². The number of nitrogens with zero attached hydrogens (tertiary/aromatic N) is 1. The Kier molecular flexibility index (Phi) is 5.98. The molecule has 0 bridgehead atoms. The van der Waals surface area contributed by atoms with E-state index in [4.69, 9.17) is 4.42 Å². The summed E-state index contributed by atoms with van der Waals surface area (Å²) in [6.45, 7) is 5.89. The second kappa shape index (κ2) is 8.54. The van der Waals surface area contributed by atoms with Crippen molar-refractivity contribution in [2.24, 2.45) is 5.92 Å². The van der Waals surface area contributed by atoms with Gasteiger partial charge >= 0.3 is 0 Å². The van der Waals surface area contributed by atoms with Crippen LogP contribution in [0.1, 0.15) is 51.7 Å². The van der Waals surface area contributed by atoms with Crippen LogP contribution in [0, 0.1) is 17.2 Å². The fraction of sp³-hybridized carbons (Fsp3) is 0.417. The molecule has 1 unspecified atom stereocenters. The van der Waals surface area contributed by atoms with Gasteiger partial charge in [-0.1, -0.05) is 26.0 Å². The third-order valence-corrected chi connectivity index (χ3v) is 6.51. The topological polar surface area (TPSA) is 98.3 Å². The molecular weight excluding hydrogens is 410 g/mol. The van der Waals surface area contributed by atoms with E-state index < -0.39 is 11.6 Å². The molecule has 1 amide bonds. The van der Waals surface area contributed by atoms with Gasteiger partial charge in [0.15, 0.2) is 0 Å². The van der Waals surface area contributed by atoms with E-state index in [-0.39, 0.29) is 11.9 Å². The van der Waals surface area contributed by atoms with Crippen molar-refractivity contribution in [3.8, 4) is 6.07 Å². The smallest absolute Gasteiger partial charge is 0.239 e. The van der Waals surface area contributed by atoms with Crippen molar-refractivity contribution in [3.63, 3.8) is 0 Å². The molecule has 0 radical (unpaired) electrons. The van der Waals surface area contributed by atoms with Crippen LogP contribution in [0.3, 0.4) is 0 Å².